The fraction of sp³-hybridized carbons (Fsp3) is 0.629. The molecule has 46 heavy (non-hydrogen) atoms. The van der Waals surface area contributed by atoms with Gasteiger partial charge in [0, 0.05) is 48.9 Å². The lowest BCUT2D eigenvalue weighted by atomic mass is 9.82. The number of allylic oxidation sites excluding steroid dienone is 3. The number of nitrogens with one attached hydrogen (secondary N) is 1. The van der Waals surface area contributed by atoms with Crippen molar-refractivity contribution >= 4 is 37.5 Å². The molecule has 4 aliphatic heterocycles. The van der Waals surface area contributed by atoms with Crippen molar-refractivity contribution in [2.45, 2.75) is 96.2 Å². The van der Waals surface area contributed by atoms with E-state index < -0.39 is 31.6 Å². The number of aliphatic hydroxyl groups excluding tert-OH is 1. The maximum Gasteiger partial charge on any atom is 0.264 e. The highest BCUT2D eigenvalue weighted by Gasteiger charge is 2.67. The number of fused-ring (bicyclic) bond motifs is 2. The molecule has 0 saturated carbocycles. The highest BCUT2D eigenvalue weighted by Crippen LogP contribution is 2.60. The van der Waals surface area contributed by atoms with Crippen molar-refractivity contribution < 1.29 is 28.3 Å². The van der Waals surface area contributed by atoms with E-state index in [2.05, 4.69) is 38.2 Å². The maximum atomic E-state index is 16.3. The van der Waals surface area contributed by atoms with Gasteiger partial charge in [0.05, 0.1) is 37.4 Å². The molecule has 3 fully saturated rings. The van der Waals surface area contributed by atoms with Gasteiger partial charge in [-0.25, -0.2) is 0 Å². The second kappa shape index (κ2) is 13.7. The summed E-state index contributed by atoms with van der Waals surface area (Å²) in [7, 11) is -3.47. The lowest BCUT2D eigenvalue weighted by Gasteiger charge is -2.32. The van der Waals surface area contributed by atoms with Crippen LogP contribution in [-0.4, -0.2) is 87.6 Å². The summed E-state index contributed by atoms with van der Waals surface area (Å²) in [4.78, 5) is 46.4. The molecular formula is C35H51FN4O5Si. The van der Waals surface area contributed by atoms with Crippen LogP contribution in [0.25, 0.3) is 0 Å². The zero-order valence-electron chi connectivity index (χ0n) is 28.3. The van der Waals surface area contributed by atoms with Crippen LogP contribution in [0, 0.1) is 5.92 Å². The molecular weight excluding hydrogens is 603 g/mol. The Morgan fingerprint density at radius 3 is 2.63 bits per heavy atom. The third kappa shape index (κ3) is 6.48. The van der Waals surface area contributed by atoms with Gasteiger partial charge in [-0.3, -0.25) is 14.4 Å². The van der Waals surface area contributed by atoms with Crippen LogP contribution < -0.4 is 15.1 Å². The summed E-state index contributed by atoms with van der Waals surface area (Å²) in [5, 5.41) is 13.0. The van der Waals surface area contributed by atoms with Crippen molar-refractivity contribution in [3.05, 3.63) is 47.1 Å². The summed E-state index contributed by atoms with van der Waals surface area (Å²) in [5.41, 5.74) is 2.34. The molecule has 3 amide bonds. The minimum absolute atomic E-state index is 0.0461. The molecule has 0 unspecified atom stereocenters. The fourth-order valence-electron chi connectivity index (χ4n) is 8.04. The van der Waals surface area contributed by atoms with Crippen LogP contribution in [0.4, 0.5) is 15.5 Å². The summed E-state index contributed by atoms with van der Waals surface area (Å²) in [6, 6.07) is 5.40. The number of anilines is 2. The van der Waals surface area contributed by atoms with Gasteiger partial charge in [0.2, 0.25) is 20.2 Å². The van der Waals surface area contributed by atoms with E-state index in [0.29, 0.717) is 43.1 Å². The second-order valence-electron chi connectivity index (χ2n) is 14.3. The Bertz CT molecular complexity index is 1410. The number of rotatable bonds is 10. The van der Waals surface area contributed by atoms with E-state index in [0.717, 1.165) is 25.7 Å². The number of halogens is 1. The highest BCUT2D eigenvalue weighted by molar-refractivity contribution is 6.72. The summed E-state index contributed by atoms with van der Waals surface area (Å²) >= 11 is 0. The number of carbonyl (C=O) groups is 3. The molecule has 5 atom stereocenters. The number of benzene rings is 1. The van der Waals surface area contributed by atoms with Gasteiger partial charge in [-0.05, 0) is 77.7 Å². The molecule has 252 valence electrons. The molecule has 0 aromatic heterocycles. The third-order valence-corrected chi connectivity index (χ3v) is 12.8. The molecule has 2 N–H and O–H groups in total. The molecule has 0 aliphatic carbocycles. The minimum Gasteiger partial charge on any atom is -0.394 e. The van der Waals surface area contributed by atoms with E-state index in [9.17, 15) is 19.5 Å². The molecule has 4 aliphatic rings. The molecule has 1 spiro atoms. The van der Waals surface area contributed by atoms with Crippen LogP contribution in [0.1, 0.15) is 65.4 Å². The standard InChI is InChI=1S/C35H51FN4O5Si/c1-23(2)9-7-10-24(3)14-17-40-29-13-12-26(39-18-15-37-21-32(39)43)19-28(29)35(34(40)44)25(4)33(46(5,6)36)30(45-35)20-31(42)38-16-8-11-27(38)22-41/h9,12-14,19,25,27,30,33,37,41H,7-8,10-11,15-18,20-22H2,1-6H3/b24-14+/t25-,27-,30+,33-,35+/m0/s1. The number of piperazine rings is 1. The van der Waals surface area contributed by atoms with Crippen molar-refractivity contribution in [2.75, 3.05) is 49.1 Å². The molecule has 3 saturated heterocycles. The molecule has 0 bridgehead atoms. The molecule has 1 aromatic carbocycles. The van der Waals surface area contributed by atoms with Gasteiger partial charge in [0.25, 0.3) is 5.91 Å². The first-order valence-electron chi connectivity index (χ1n) is 16.8. The zero-order valence-corrected chi connectivity index (χ0v) is 29.3. The van der Waals surface area contributed by atoms with Crippen LogP contribution in [0.15, 0.2) is 41.5 Å². The van der Waals surface area contributed by atoms with E-state index in [1.165, 1.54) is 11.1 Å². The van der Waals surface area contributed by atoms with Gasteiger partial charge in [0.1, 0.15) is 0 Å². The third-order valence-electron chi connectivity index (χ3n) is 10.3. The maximum absolute atomic E-state index is 16.3. The topological polar surface area (TPSA) is 102 Å². The molecule has 5 rings (SSSR count). The van der Waals surface area contributed by atoms with Crippen molar-refractivity contribution in [1.82, 2.24) is 10.2 Å². The van der Waals surface area contributed by atoms with Gasteiger partial charge in [-0.2, -0.15) is 0 Å². The number of ether oxygens (including phenoxy) is 1. The summed E-state index contributed by atoms with van der Waals surface area (Å²) in [6.45, 7) is 13.5. The van der Waals surface area contributed by atoms with Gasteiger partial charge in [0.15, 0.2) is 5.60 Å². The van der Waals surface area contributed by atoms with Crippen molar-refractivity contribution in [2.24, 2.45) is 5.92 Å². The lowest BCUT2D eigenvalue weighted by molar-refractivity contribution is -0.149. The highest BCUT2D eigenvalue weighted by atomic mass is 28.4. The number of carbonyl (C=O) groups excluding carboxylic acids is 3. The van der Waals surface area contributed by atoms with E-state index >= 15 is 4.11 Å². The lowest BCUT2D eigenvalue weighted by Crippen LogP contribution is -2.48. The SMILES string of the molecule is CC(C)=CCC/C(C)=C/CN1C(=O)[C@]2(O[C@H](CC(=O)N3CCC[C@H]3CO)[C@@H]([Si](C)(C)F)[C@@H]2C)c2cc(N3CCNCC3=O)ccc21. The summed E-state index contributed by atoms with van der Waals surface area (Å²) in [5.74, 6) is -1.03. The minimum atomic E-state index is -3.47. The van der Waals surface area contributed by atoms with E-state index in [-0.39, 0.29) is 43.3 Å². The van der Waals surface area contributed by atoms with E-state index in [1.54, 1.807) is 27.8 Å². The first-order chi connectivity index (χ1) is 21.8. The smallest absolute Gasteiger partial charge is 0.264 e. The fourth-order valence-corrected chi connectivity index (χ4v) is 10.5. The Hall–Kier alpha value is -2.86. The summed E-state index contributed by atoms with van der Waals surface area (Å²) in [6.07, 6.45) is 6.77. The van der Waals surface area contributed by atoms with Crippen LogP contribution in [0.2, 0.25) is 18.6 Å². The normalized spacial score (nSPS) is 28.4. The Labute approximate surface area is 274 Å². The van der Waals surface area contributed by atoms with Crippen LogP contribution in [0.5, 0.6) is 0 Å². The quantitative estimate of drug-likeness (QED) is 0.213. The number of aliphatic hydroxyl groups is 1. The molecule has 1 aromatic rings. The molecule has 4 heterocycles. The van der Waals surface area contributed by atoms with Crippen LogP contribution >= 0.6 is 0 Å². The average Bonchev–Trinajstić information content (AvgIpc) is 3.65. The van der Waals surface area contributed by atoms with Gasteiger partial charge < -0.3 is 34.0 Å². The van der Waals surface area contributed by atoms with Gasteiger partial charge >= 0.3 is 0 Å². The first-order valence-corrected chi connectivity index (χ1v) is 19.8. The Morgan fingerprint density at radius 2 is 1.96 bits per heavy atom. The van der Waals surface area contributed by atoms with Crippen molar-refractivity contribution in [3.8, 4) is 0 Å². The second-order valence-corrected chi connectivity index (χ2v) is 18.0. The predicted octanol–water partition coefficient (Wildman–Crippen LogP) is 4.81. The average molecular weight is 655 g/mol. The number of hydrogen-bond acceptors (Lipinski definition) is 6. The predicted molar refractivity (Wildman–Crippen MR) is 181 cm³/mol. The van der Waals surface area contributed by atoms with Crippen LogP contribution in [-0.2, 0) is 24.7 Å². The number of nitrogens with zero attached hydrogens (tertiary/aromatic N) is 3. The van der Waals surface area contributed by atoms with Crippen molar-refractivity contribution in [3.63, 3.8) is 0 Å². The van der Waals surface area contributed by atoms with E-state index in [1.807, 2.05) is 25.1 Å². The Balaban J connectivity index is 1.54. The Morgan fingerprint density at radius 1 is 1.20 bits per heavy atom. The zero-order chi connectivity index (χ0) is 33.4. The number of hydrogen-bond donors (Lipinski definition) is 2. The first kappa shape index (κ1) is 34.5. The molecule has 9 nitrogen and oxygen atoms in total. The number of likely N-dealkylation sites (tertiary alicyclic amines) is 1. The van der Waals surface area contributed by atoms with E-state index in [4.69, 9.17) is 4.74 Å². The van der Waals surface area contributed by atoms with Gasteiger partial charge in [-0.15, -0.1) is 0 Å². The van der Waals surface area contributed by atoms with Gasteiger partial charge in [-0.1, -0.05) is 30.2 Å². The van der Waals surface area contributed by atoms with Crippen molar-refractivity contribution in [1.29, 1.82) is 0 Å². The van der Waals surface area contributed by atoms with Crippen LogP contribution in [0.3, 0.4) is 0 Å². The summed E-state index contributed by atoms with van der Waals surface area (Å²) < 4.78 is 23.2. The number of amides is 3. The Kier molecular flexibility index (Phi) is 10.3. The monoisotopic (exact) mass is 654 g/mol. The molecule has 11 heteroatoms. The molecule has 0 radical (unpaired) electrons. The largest absolute Gasteiger partial charge is 0.394 e.